The van der Waals surface area contributed by atoms with Crippen LogP contribution in [0.5, 0.6) is 0 Å². The molecule has 5 heteroatoms. The van der Waals surface area contributed by atoms with Crippen LogP contribution in [-0.2, 0) is 20.9 Å². The largest absolute Gasteiger partial charge is 0.298 e. The van der Waals surface area contributed by atoms with Gasteiger partial charge in [-0.05, 0) is 52.5 Å². The maximum Gasteiger partial charge on any atom is 0.231 e. The van der Waals surface area contributed by atoms with Gasteiger partial charge in [-0.2, -0.15) is 0 Å². The fourth-order valence-corrected chi connectivity index (χ4v) is 3.40. The molecule has 0 saturated heterocycles. The van der Waals surface area contributed by atoms with Crippen molar-refractivity contribution in [3.8, 4) is 0 Å². The third-order valence-electron chi connectivity index (χ3n) is 4.62. The SMILES string of the molecule is CC1(C)CCC(C)(C)c2cc(/C=C/S(N)(=O)=O)c(C=O)cc21. The highest BCUT2D eigenvalue weighted by Gasteiger charge is 2.37. The molecule has 22 heavy (non-hydrogen) atoms. The monoisotopic (exact) mass is 321 g/mol. The molecule has 1 aromatic rings. The first kappa shape index (κ1) is 16.9. The van der Waals surface area contributed by atoms with Crippen LogP contribution in [0.25, 0.3) is 6.08 Å². The number of fused-ring (bicyclic) bond motifs is 1. The molecule has 0 bridgehead atoms. The van der Waals surface area contributed by atoms with Crippen molar-refractivity contribution < 1.29 is 13.2 Å². The second-order valence-electron chi connectivity index (χ2n) is 7.30. The molecule has 2 N–H and O–H groups in total. The van der Waals surface area contributed by atoms with E-state index in [0.717, 1.165) is 24.5 Å². The number of benzene rings is 1. The molecule has 0 spiro atoms. The summed E-state index contributed by atoms with van der Waals surface area (Å²) in [5.74, 6) is 0. The van der Waals surface area contributed by atoms with Crippen molar-refractivity contribution in [2.24, 2.45) is 5.14 Å². The number of nitrogens with two attached hydrogens (primary N) is 1. The van der Waals surface area contributed by atoms with E-state index in [9.17, 15) is 13.2 Å². The second-order valence-corrected chi connectivity index (χ2v) is 8.75. The summed E-state index contributed by atoms with van der Waals surface area (Å²) < 4.78 is 22.3. The standard InChI is InChI=1S/C17H23NO3S/c1-16(2)6-7-17(3,4)15-10-13(11-19)12(9-14(15)16)5-8-22(18,20)21/h5,8-11H,6-7H2,1-4H3,(H2,18,20,21)/b8-5+. The van der Waals surface area contributed by atoms with E-state index >= 15 is 0 Å². The number of hydrogen-bond donors (Lipinski definition) is 1. The van der Waals surface area contributed by atoms with Gasteiger partial charge in [0, 0.05) is 11.0 Å². The number of aldehydes is 1. The summed E-state index contributed by atoms with van der Waals surface area (Å²) in [4.78, 5) is 11.4. The Morgan fingerprint density at radius 3 is 1.86 bits per heavy atom. The lowest BCUT2D eigenvalue weighted by Crippen LogP contribution is -2.34. The number of rotatable bonds is 3. The molecule has 0 heterocycles. The Labute approximate surface area is 132 Å². The molecule has 0 amide bonds. The summed E-state index contributed by atoms with van der Waals surface area (Å²) in [5, 5.41) is 5.94. The Hall–Kier alpha value is -1.46. The molecule has 0 fully saturated rings. The third kappa shape index (κ3) is 3.31. The maximum absolute atomic E-state index is 11.4. The summed E-state index contributed by atoms with van der Waals surface area (Å²) in [5.41, 5.74) is 3.42. The average Bonchev–Trinajstić information content (AvgIpc) is 2.40. The van der Waals surface area contributed by atoms with Gasteiger partial charge in [-0.1, -0.05) is 33.8 Å². The minimum absolute atomic E-state index is 0.00352. The van der Waals surface area contributed by atoms with E-state index in [1.807, 2.05) is 12.1 Å². The summed E-state index contributed by atoms with van der Waals surface area (Å²) in [6.45, 7) is 8.70. The van der Waals surface area contributed by atoms with Crippen LogP contribution in [0.1, 0.15) is 67.6 Å². The van der Waals surface area contributed by atoms with Crippen molar-refractivity contribution >= 4 is 22.4 Å². The maximum atomic E-state index is 11.4. The van der Waals surface area contributed by atoms with E-state index in [4.69, 9.17) is 5.14 Å². The topological polar surface area (TPSA) is 77.2 Å². The Morgan fingerprint density at radius 2 is 1.45 bits per heavy atom. The predicted octanol–water partition coefficient (Wildman–Crippen LogP) is 3.11. The van der Waals surface area contributed by atoms with Gasteiger partial charge in [-0.15, -0.1) is 0 Å². The van der Waals surface area contributed by atoms with Crippen molar-refractivity contribution in [1.82, 2.24) is 0 Å². The van der Waals surface area contributed by atoms with Gasteiger partial charge in [0.25, 0.3) is 0 Å². The lowest BCUT2D eigenvalue weighted by molar-refractivity contribution is 0.112. The fourth-order valence-electron chi connectivity index (χ4n) is 3.06. The van der Waals surface area contributed by atoms with Gasteiger partial charge in [0.05, 0.1) is 0 Å². The highest BCUT2D eigenvalue weighted by molar-refractivity contribution is 7.92. The van der Waals surface area contributed by atoms with E-state index < -0.39 is 10.0 Å². The van der Waals surface area contributed by atoms with Gasteiger partial charge >= 0.3 is 0 Å². The molecule has 2 rings (SSSR count). The molecule has 120 valence electrons. The van der Waals surface area contributed by atoms with Crippen molar-refractivity contribution in [3.63, 3.8) is 0 Å². The summed E-state index contributed by atoms with van der Waals surface area (Å²) in [6, 6.07) is 3.83. The van der Waals surface area contributed by atoms with Crippen LogP contribution in [0.2, 0.25) is 0 Å². The fraction of sp³-hybridized carbons (Fsp3) is 0.471. The van der Waals surface area contributed by atoms with Crippen LogP contribution in [0.15, 0.2) is 17.5 Å². The van der Waals surface area contributed by atoms with Gasteiger partial charge in [-0.25, -0.2) is 13.6 Å². The van der Waals surface area contributed by atoms with E-state index in [2.05, 4.69) is 27.7 Å². The number of carbonyl (C=O) groups is 1. The van der Waals surface area contributed by atoms with Crippen LogP contribution in [-0.4, -0.2) is 14.7 Å². The molecule has 0 aromatic heterocycles. The molecular formula is C17H23NO3S. The first-order valence-corrected chi connectivity index (χ1v) is 8.92. The van der Waals surface area contributed by atoms with Gasteiger partial charge in [0.15, 0.2) is 6.29 Å². The Balaban J connectivity index is 2.69. The van der Waals surface area contributed by atoms with E-state index in [-0.39, 0.29) is 10.8 Å². The quantitative estimate of drug-likeness (QED) is 0.869. The number of sulfonamides is 1. The number of primary sulfonamides is 1. The van der Waals surface area contributed by atoms with E-state index in [1.165, 1.54) is 17.2 Å². The van der Waals surface area contributed by atoms with E-state index in [0.29, 0.717) is 11.1 Å². The molecule has 0 aliphatic heterocycles. The van der Waals surface area contributed by atoms with Crippen molar-refractivity contribution in [1.29, 1.82) is 0 Å². The normalized spacial score (nSPS) is 19.9. The minimum Gasteiger partial charge on any atom is -0.298 e. The molecular weight excluding hydrogens is 298 g/mol. The molecule has 0 radical (unpaired) electrons. The molecule has 0 saturated carbocycles. The lowest BCUT2D eigenvalue weighted by atomic mass is 9.62. The van der Waals surface area contributed by atoms with Crippen LogP contribution >= 0.6 is 0 Å². The third-order valence-corrected chi connectivity index (χ3v) is 5.14. The summed E-state index contributed by atoms with van der Waals surface area (Å²) in [6.07, 6.45) is 4.27. The van der Waals surface area contributed by atoms with Crippen molar-refractivity contribution in [3.05, 3.63) is 39.8 Å². The molecule has 1 aromatic carbocycles. The highest BCUT2D eigenvalue weighted by Crippen LogP contribution is 2.46. The molecule has 4 nitrogen and oxygen atoms in total. The Bertz CT molecular complexity index is 743. The zero-order valence-corrected chi connectivity index (χ0v) is 14.3. The predicted molar refractivity (Wildman–Crippen MR) is 89.3 cm³/mol. The van der Waals surface area contributed by atoms with Gasteiger partial charge in [0.2, 0.25) is 10.0 Å². The van der Waals surface area contributed by atoms with E-state index in [1.54, 1.807) is 0 Å². The number of hydrogen-bond acceptors (Lipinski definition) is 3. The molecule has 1 aliphatic carbocycles. The number of carbonyl (C=O) groups excluding carboxylic acids is 1. The minimum atomic E-state index is -3.72. The molecule has 0 atom stereocenters. The van der Waals surface area contributed by atoms with Gasteiger partial charge in [0.1, 0.15) is 0 Å². The molecule has 1 aliphatic rings. The average molecular weight is 321 g/mol. The van der Waals surface area contributed by atoms with Crippen molar-refractivity contribution in [2.75, 3.05) is 0 Å². The smallest absolute Gasteiger partial charge is 0.231 e. The summed E-state index contributed by atoms with van der Waals surface area (Å²) >= 11 is 0. The lowest BCUT2D eigenvalue weighted by Gasteiger charge is -2.42. The van der Waals surface area contributed by atoms with Crippen LogP contribution in [0.3, 0.4) is 0 Å². The Kier molecular flexibility index (Phi) is 4.09. The Morgan fingerprint density at radius 1 is 1.00 bits per heavy atom. The highest BCUT2D eigenvalue weighted by atomic mass is 32.2. The molecule has 0 unspecified atom stereocenters. The van der Waals surface area contributed by atoms with Gasteiger partial charge < -0.3 is 0 Å². The van der Waals surface area contributed by atoms with Crippen molar-refractivity contribution in [2.45, 2.75) is 51.4 Å². The summed E-state index contributed by atoms with van der Waals surface area (Å²) in [7, 11) is -3.72. The zero-order valence-electron chi connectivity index (χ0n) is 13.5. The zero-order chi connectivity index (χ0) is 16.8. The van der Waals surface area contributed by atoms with Crippen LogP contribution < -0.4 is 5.14 Å². The first-order valence-electron chi connectivity index (χ1n) is 7.31. The van der Waals surface area contributed by atoms with Crippen LogP contribution in [0.4, 0.5) is 0 Å². The second kappa shape index (κ2) is 5.32. The van der Waals surface area contributed by atoms with Gasteiger partial charge in [-0.3, -0.25) is 4.79 Å². The first-order chi connectivity index (χ1) is 9.96. The van der Waals surface area contributed by atoms with Crippen LogP contribution in [0, 0.1) is 0 Å².